The van der Waals surface area contributed by atoms with Crippen LogP contribution in [-0.2, 0) is 19.3 Å². The molecule has 0 atom stereocenters. The molecule has 0 saturated carbocycles. The lowest BCUT2D eigenvalue weighted by molar-refractivity contribution is -0.388. The van der Waals surface area contributed by atoms with E-state index in [9.17, 15) is 23.3 Å². The highest BCUT2D eigenvalue weighted by atomic mass is 19.4. The first kappa shape index (κ1) is 20.2. The summed E-state index contributed by atoms with van der Waals surface area (Å²) in [5.74, 6) is 0. The number of hydrogen-bond acceptors (Lipinski definition) is 5. The SMILES string of the molecule is Cc1cc(N(Cc2cccnc2)Cc2ccccn2)cc(C(F)(F)F)c1[N+](=O)[O-]. The van der Waals surface area contributed by atoms with Crippen LogP contribution in [0.1, 0.15) is 22.4 Å². The third-order valence-electron chi connectivity index (χ3n) is 4.31. The fourth-order valence-electron chi connectivity index (χ4n) is 3.04. The Kier molecular flexibility index (Phi) is 5.76. The normalized spacial score (nSPS) is 11.3. The molecular formula is C20H17F3N4O2. The minimum Gasteiger partial charge on any atom is -0.361 e. The van der Waals surface area contributed by atoms with Gasteiger partial charge in [-0.05, 0) is 42.8 Å². The largest absolute Gasteiger partial charge is 0.423 e. The van der Waals surface area contributed by atoms with Gasteiger partial charge in [-0.15, -0.1) is 0 Å². The van der Waals surface area contributed by atoms with Gasteiger partial charge in [0.15, 0.2) is 0 Å². The Labute approximate surface area is 164 Å². The third-order valence-corrected chi connectivity index (χ3v) is 4.31. The zero-order valence-corrected chi connectivity index (χ0v) is 15.4. The Hall–Kier alpha value is -3.49. The van der Waals surface area contributed by atoms with Crippen molar-refractivity contribution in [1.29, 1.82) is 0 Å². The van der Waals surface area contributed by atoms with Crippen LogP contribution in [0.2, 0.25) is 0 Å². The Morgan fingerprint density at radius 1 is 1.10 bits per heavy atom. The van der Waals surface area contributed by atoms with E-state index in [4.69, 9.17) is 0 Å². The molecular weight excluding hydrogens is 385 g/mol. The van der Waals surface area contributed by atoms with E-state index in [1.807, 2.05) is 0 Å². The summed E-state index contributed by atoms with van der Waals surface area (Å²) < 4.78 is 40.6. The van der Waals surface area contributed by atoms with Crippen molar-refractivity contribution in [2.45, 2.75) is 26.2 Å². The Balaban J connectivity index is 2.09. The molecule has 0 amide bonds. The summed E-state index contributed by atoms with van der Waals surface area (Å²) in [5, 5.41) is 11.2. The number of aromatic nitrogens is 2. The lowest BCUT2D eigenvalue weighted by Crippen LogP contribution is -2.24. The summed E-state index contributed by atoms with van der Waals surface area (Å²) in [6, 6.07) is 11.0. The van der Waals surface area contributed by atoms with E-state index >= 15 is 0 Å². The van der Waals surface area contributed by atoms with Gasteiger partial charge in [0.2, 0.25) is 0 Å². The number of pyridine rings is 2. The van der Waals surface area contributed by atoms with Crippen LogP contribution in [0.25, 0.3) is 0 Å². The Morgan fingerprint density at radius 3 is 2.48 bits per heavy atom. The number of hydrogen-bond donors (Lipinski definition) is 0. The number of benzene rings is 1. The molecule has 0 fully saturated rings. The van der Waals surface area contributed by atoms with Crippen molar-refractivity contribution < 1.29 is 18.1 Å². The van der Waals surface area contributed by atoms with Gasteiger partial charge in [-0.3, -0.25) is 20.1 Å². The smallest absolute Gasteiger partial charge is 0.361 e. The monoisotopic (exact) mass is 402 g/mol. The molecule has 3 aromatic rings. The van der Waals surface area contributed by atoms with E-state index in [2.05, 4.69) is 9.97 Å². The van der Waals surface area contributed by atoms with Crippen LogP contribution < -0.4 is 4.90 Å². The molecule has 0 N–H and O–H groups in total. The summed E-state index contributed by atoms with van der Waals surface area (Å²) in [5.41, 5.74) is -0.601. The molecule has 0 saturated heterocycles. The number of nitrogens with zero attached hydrogens (tertiary/aromatic N) is 4. The van der Waals surface area contributed by atoms with Crippen molar-refractivity contribution in [3.8, 4) is 0 Å². The zero-order valence-electron chi connectivity index (χ0n) is 15.4. The van der Waals surface area contributed by atoms with Gasteiger partial charge in [-0.2, -0.15) is 13.2 Å². The molecule has 9 heteroatoms. The topological polar surface area (TPSA) is 72.2 Å². The number of halogens is 3. The first-order chi connectivity index (χ1) is 13.8. The van der Waals surface area contributed by atoms with Crippen LogP contribution in [0.4, 0.5) is 24.5 Å². The van der Waals surface area contributed by atoms with Crippen LogP contribution in [0, 0.1) is 17.0 Å². The van der Waals surface area contributed by atoms with E-state index in [0.29, 0.717) is 5.69 Å². The van der Waals surface area contributed by atoms with Gasteiger partial charge >= 0.3 is 6.18 Å². The van der Waals surface area contributed by atoms with Crippen LogP contribution in [-0.4, -0.2) is 14.9 Å². The van der Waals surface area contributed by atoms with Crippen LogP contribution in [0.5, 0.6) is 0 Å². The van der Waals surface area contributed by atoms with Crippen molar-refractivity contribution in [2.24, 2.45) is 0 Å². The molecule has 29 heavy (non-hydrogen) atoms. The van der Waals surface area contributed by atoms with Crippen LogP contribution in [0.3, 0.4) is 0 Å². The molecule has 1 aromatic carbocycles. The van der Waals surface area contributed by atoms with Gasteiger partial charge in [-0.1, -0.05) is 12.1 Å². The standard InChI is InChI=1S/C20H17F3N4O2/c1-14-9-17(10-18(20(21,22)23)19(14)27(28)29)26(12-15-5-4-7-24-11-15)13-16-6-2-3-8-25-16/h2-11H,12-13H2,1H3. The summed E-state index contributed by atoms with van der Waals surface area (Å²) in [6.45, 7) is 1.79. The number of alkyl halides is 3. The predicted octanol–water partition coefficient (Wildman–Crippen LogP) is 4.92. The molecule has 3 rings (SSSR count). The van der Waals surface area contributed by atoms with Gasteiger partial charge in [-0.25, -0.2) is 0 Å². The molecule has 0 spiro atoms. The molecule has 0 aliphatic rings. The van der Waals surface area contributed by atoms with Crippen LogP contribution in [0.15, 0.2) is 61.1 Å². The predicted molar refractivity (Wildman–Crippen MR) is 101 cm³/mol. The molecule has 0 unspecified atom stereocenters. The number of rotatable bonds is 6. The third kappa shape index (κ3) is 4.87. The average molecular weight is 402 g/mol. The maximum absolute atomic E-state index is 13.5. The first-order valence-electron chi connectivity index (χ1n) is 8.65. The number of aryl methyl sites for hydroxylation is 1. The lowest BCUT2D eigenvalue weighted by Gasteiger charge is -2.26. The van der Waals surface area contributed by atoms with E-state index in [-0.39, 0.29) is 24.3 Å². The van der Waals surface area contributed by atoms with Gasteiger partial charge in [0.25, 0.3) is 5.69 Å². The summed E-state index contributed by atoms with van der Waals surface area (Å²) in [4.78, 5) is 20.2. The molecule has 0 radical (unpaired) electrons. The van der Waals surface area contributed by atoms with E-state index < -0.39 is 22.4 Å². The average Bonchev–Trinajstić information content (AvgIpc) is 2.67. The second-order valence-corrected chi connectivity index (χ2v) is 6.45. The van der Waals surface area contributed by atoms with E-state index in [1.165, 1.54) is 13.0 Å². The number of nitro benzene ring substituents is 1. The van der Waals surface area contributed by atoms with Crippen molar-refractivity contribution >= 4 is 11.4 Å². The highest BCUT2D eigenvalue weighted by molar-refractivity contribution is 5.61. The lowest BCUT2D eigenvalue weighted by atomic mass is 10.0. The van der Waals surface area contributed by atoms with Crippen molar-refractivity contribution in [2.75, 3.05) is 4.90 Å². The van der Waals surface area contributed by atoms with Crippen molar-refractivity contribution in [1.82, 2.24) is 9.97 Å². The highest BCUT2D eigenvalue weighted by Gasteiger charge is 2.40. The second kappa shape index (κ2) is 8.26. The highest BCUT2D eigenvalue weighted by Crippen LogP contribution is 2.40. The van der Waals surface area contributed by atoms with Gasteiger partial charge in [0.05, 0.1) is 17.2 Å². The quantitative estimate of drug-likeness (QED) is 0.432. The minimum absolute atomic E-state index is 0.0583. The maximum Gasteiger partial charge on any atom is 0.423 e. The van der Waals surface area contributed by atoms with Gasteiger partial charge in [0.1, 0.15) is 5.56 Å². The summed E-state index contributed by atoms with van der Waals surface area (Å²) >= 11 is 0. The molecule has 2 heterocycles. The second-order valence-electron chi connectivity index (χ2n) is 6.45. The molecule has 0 bridgehead atoms. The summed E-state index contributed by atoms with van der Waals surface area (Å²) in [7, 11) is 0. The van der Waals surface area contributed by atoms with Crippen LogP contribution >= 0.6 is 0 Å². The summed E-state index contributed by atoms with van der Waals surface area (Å²) in [6.07, 6.45) is -0.0350. The number of nitro groups is 1. The van der Waals surface area contributed by atoms with E-state index in [1.54, 1.807) is 53.8 Å². The molecule has 150 valence electrons. The van der Waals surface area contributed by atoms with E-state index in [0.717, 1.165) is 11.6 Å². The molecule has 0 aliphatic carbocycles. The molecule has 2 aromatic heterocycles. The molecule has 6 nitrogen and oxygen atoms in total. The zero-order chi connectivity index (χ0) is 21.0. The minimum atomic E-state index is -4.85. The Bertz CT molecular complexity index is 954. The fourth-order valence-corrected chi connectivity index (χ4v) is 3.04. The van der Waals surface area contributed by atoms with Crippen molar-refractivity contribution in [3.63, 3.8) is 0 Å². The maximum atomic E-state index is 13.5. The Morgan fingerprint density at radius 2 is 1.90 bits per heavy atom. The molecule has 0 aliphatic heterocycles. The fraction of sp³-hybridized carbons (Fsp3) is 0.200. The van der Waals surface area contributed by atoms with Gasteiger partial charge < -0.3 is 4.90 Å². The first-order valence-corrected chi connectivity index (χ1v) is 8.65. The van der Waals surface area contributed by atoms with Gasteiger partial charge in [0, 0.05) is 36.4 Å². The van der Waals surface area contributed by atoms with Crippen molar-refractivity contribution in [3.05, 3.63) is 93.6 Å². The number of anilines is 1.